The smallest absolute Gasteiger partial charge is 0.228 e. The minimum absolute atomic E-state index is 0.555. The van der Waals surface area contributed by atoms with Crippen LogP contribution in [0.25, 0.3) is 27.3 Å². The number of aromatic nitrogens is 4. The van der Waals surface area contributed by atoms with Crippen LogP contribution in [0.3, 0.4) is 0 Å². The zero-order valence-corrected chi connectivity index (χ0v) is 21.8. The van der Waals surface area contributed by atoms with Crippen molar-refractivity contribution in [2.24, 2.45) is 0 Å². The molecule has 2 aromatic carbocycles. The Bertz CT molecular complexity index is 1520. The second-order valence-corrected chi connectivity index (χ2v) is 10.2. The highest BCUT2D eigenvalue weighted by Crippen LogP contribution is 2.35. The van der Waals surface area contributed by atoms with Gasteiger partial charge in [-0.15, -0.1) is 16.4 Å². The molecule has 0 atom stereocenters. The summed E-state index contributed by atoms with van der Waals surface area (Å²) in [5.41, 5.74) is 11.5. The summed E-state index contributed by atoms with van der Waals surface area (Å²) in [6.45, 7) is 6.53. The highest BCUT2D eigenvalue weighted by atomic mass is 32.1. The van der Waals surface area contributed by atoms with E-state index in [1.165, 1.54) is 5.56 Å². The van der Waals surface area contributed by atoms with E-state index in [2.05, 4.69) is 52.4 Å². The number of nitrogens with two attached hydrogens (primary N) is 1. The Balaban J connectivity index is 1.29. The van der Waals surface area contributed by atoms with Gasteiger partial charge in [0.2, 0.25) is 5.95 Å². The number of methoxy groups -OCH3 is 1. The number of anilines is 2. The van der Waals surface area contributed by atoms with Crippen LogP contribution in [0.15, 0.2) is 66.0 Å². The van der Waals surface area contributed by atoms with Crippen LogP contribution in [0, 0.1) is 6.92 Å². The quantitative estimate of drug-likeness (QED) is 0.352. The molecule has 5 aromatic rings. The second-order valence-electron chi connectivity index (χ2n) is 9.30. The third-order valence-electron chi connectivity index (χ3n) is 6.78. The minimum Gasteiger partial charge on any atom is -0.497 e. The summed E-state index contributed by atoms with van der Waals surface area (Å²) in [5.74, 6) is 2.14. The molecule has 8 nitrogen and oxygen atoms in total. The van der Waals surface area contributed by atoms with E-state index in [0.29, 0.717) is 17.4 Å². The Morgan fingerprint density at radius 1 is 0.973 bits per heavy atom. The lowest BCUT2D eigenvalue weighted by Crippen LogP contribution is -2.46. The molecule has 1 aliphatic rings. The molecule has 0 saturated carbocycles. The summed E-state index contributed by atoms with van der Waals surface area (Å²) in [6.07, 6.45) is 0. The van der Waals surface area contributed by atoms with Crippen LogP contribution in [-0.2, 0) is 6.54 Å². The van der Waals surface area contributed by atoms with Crippen molar-refractivity contribution in [3.8, 4) is 22.0 Å². The topological polar surface area (TPSA) is 85.3 Å². The lowest BCUT2D eigenvalue weighted by Gasteiger charge is -2.34. The molecular formula is C28H29N7OS. The first-order valence-corrected chi connectivity index (χ1v) is 13.2. The number of piperazine rings is 1. The predicted octanol–water partition coefficient (Wildman–Crippen LogP) is 4.77. The van der Waals surface area contributed by atoms with Crippen molar-refractivity contribution in [1.29, 1.82) is 0 Å². The maximum atomic E-state index is 6.66. The van der Waals surface area contributed by atoms with E-state index < -0.39 is 0 Å². The van der Waals surface area contributed by atoms with E-state index in [4.69, 9.17) is 25.5 Å². The summed E-state index contributed by atoms with van der Waals surface area (Å²) in [6, 6.07) is 20.6. The maximum Gasteiger partial charge on any atom is 0.228 e. The van der Waals surface area contributed by atoms with Crippen molar-refractivity contribution in [3.63, 3.8) is 0 Å². The molecule has 3 aromatic heterocycles. The number of aryl methyl sites for hydroxylation is 1. The molecule has 4 heterocycles. The van der Waals surface area contributed by atoms with Gasteiger partial charge in [0.15, 0.2) is 5.65 Å². The minimum atomic E-state index is 0.555. The van der Waals surface area contributed by atoms with Crippen LogP contribution in [0.2, 0.25) is 0 Å². The molecule has 0 radical (unpaired) electrons. The first-order chi connectivity index (χ1) is 18.1. The molecule has 37 heavy (non-hydrogen) atoms. The van der Waals surface area contributed by atoms with Crippen molar-refractivity contribution in [3.05, 3.63) is 77.2 Å². The third-order valence-corrected chi connectivity index (χ3v) is 7.65. The normalized spacial score (nSPS) is 14.4. The monoisotopic (exact) mass is 511 g/mol. The van der Waals surface area contributed by atoms with Gasteiger partial charge in [0, 0.05) is 32.7 Å². The Hall–Kier alpha value is -3.95. The molecule has 0 bridgehead atoms. The summed E-state index contributed by atoms with van der Waals surface area (Å²) < 4.78 is 7.06. The van der Waals surface area contributed by atoms with Crippen LogP contribution in [0.5, 0.6) is 5.75 Å². The van der Waals surface area contributed by atoms with Gasteiger partial charge in [0.05, 0.1) is 28.8 Å². The lowest BCUT2D eigenvalue weighted by atomic mass is 10.2. The van der Waals surface area contributed by atoms with Gasteiger partial charge in [-0.1, -0.05) is 30.3 Å². The van der Waals surface area contributed by atoms with Crippen molar-refractivity contribution in [2.75, 3.05) is 43.9 Å². The molecule has 9 heteroatoms. The van der Waals surface area contributed by atoms with E-state index in [-0.39, 0.29) is 0 Å². The summed E-state index contributed by atoms with van der Waals surface area (Å²) in [7, 11) is 1.69. The highest BCUT2D eigenvalue weighted by Gasteiger charge is 2.24. The first kappa shape index (κ1) is 23.4. The van der Waals surface area contributed by atoms with Crippen LogP contribution < -0.4 is 15.4 Å². The van der Waals surface area contributed by atoms with Crippen LogP contribution in [-0.4, -0.2) is 57.9 Å². The molecule has 0 unspecified atom stereocenters. The van der Waals surface area contributed by atoms with Gasteiger partial charge in [0.1, 0.15) is 11.6 Å². The van der Waals surface area contributed by atoms with E-state index in [0.717, 1.165) is 65.7 Å². The number of fused-ring (bicyclic) bond motifs is 1. The largest absolute Gasteiger partial charge is 0.497 e. The molecule has 188 valence electrons. The number of benzene rings is 2. The Morgan fingerprint density at radius 2 is 1.78 bits per heavy atom. The van der Waals surface area contributed by atoms with Crippen molar-refractivity contribution in [2.45, 2.75) is 13.5 Å². The molecule has 1 aliphatic heterocycles. The zero-order valence-electron chi connectivity index (χ0n) is 21.0. The molecule has 1 fully saturated rings. The molecule has 0 spiro atoms. The fraction of sp³-hybridized carbons (Fsp3) is 0.250. The van der Waals surface area contributed by atoms with E-state index in [1.807, 2.05) is 30.3 Å². The number of nitrogen functional groups attached to an aromatic ring is 1. The van der Waals surface area contributed by atoms with E-state index in [9.17, 15) is 0 Å². The summed E-state index contributed by atoms with van der Waals surface area (Å²) in [4.78, 5) is 15.7. The van der Waals surface area contributed by atoms with Crippen molar-refractivity contribution in [1.82, 2.24) is 24.6 Å². The number of rotatable bonds is 6. The van der Waals surface area contributed by atoms with Gasteiger partial charge < -0.3 is 15.4 Å². The van der Waals surface area contributed by atoms with Crippen LogP contribution in [0.1, 0.15) is 11.1 Å². The molecule has 6 rings (SSSR count). The lowest BCUT2D eigenvalue weighted by molar-refractivity contribution is 0.248. The number of hydrogen-bond donors (Lipinski definition) is 1. The van der Waals surface area contributed by atoms with Crippen LogP contribution in [0.4, 0.5) is 11.8 Å². The zero-order chi connectivity index (χ0) is 25.4. The SMILES string of the molecule is COc1ccc(CN2CCN(c3nc(-c4cccs4)c4c(N)n(-c5cccc(C)c5)nc4n3)CC2)cc1. The van der Waals surface area contributed by atoms with E-state index >= 15 is 0 Å². The average Bonchev–Trinajstić information content (AvgIpc) is 3.58. The van der Waals surface area contributed by atoms with Crippen molar-refractivity contribution < 1.29 is 4.74 Å². The maximum absolute atomic E-state index is 6.66. The van der Waals surface area contributed by atoms with Crippen molar-refractivity contribution >= 4 is 34.1 Å². The van der Waals surface area contributed by atoms with Gasteiger partial charge in [0.25, 0.3) is 0 Å². The standard InChI is InChI=1S/C28H29N7OS/c1-19-5-3-6-21(17-19)35-26(29)24-25(23-7-4-16-37-23)30-28(31-27(24)32-35)34-14-12-33(13-15-34)18-20-8-10-22(36-2)11-9-20/h3-11,16-17H,12-15,18,29H2,1-2H3. The third kappa shape index (κ3) is 4.63. The fourth-order valence-electron chi connectivity index (χ4n) is 4.78. The number of thiophene rings is 1. The Labute approximate surface area is 219 Å². The van der Waals surface area contributed by atoms with Gasteiger partial charge >= 0.3 is 0 Å². The van der Waals surface area contributed by atoms with Gasteiger partial charge in [-0.05, 0) is 53.8 Å². The van der Waals surface area contributed by atoms with Crippen LogP contribution >= 0.6 is 11.3 Å². The van der Waals surface area contributed by atoms with E-state index in [1.54, 1.807) is 23.1 Å². The number of nitrogens with zero attached hydrogens (tertiary/aromatic N) is 6. The summed E-state index contributed by atoms with van der Waals surface area (Å²) in [5, 5.41) is 7.69. The highest BCUT2D eigenvalue weighted by molar-refractivity contribution is 7.13. The predicted molar refractivity (Wildman–Crippen MR) is 150 cm³/mol. The molecule has 0 amide bonds. The first-order valence-electron chi connectivity index (χ1n) is 12.4. The Morgan fingerprint density at radius 3 is 2.49 bits per heavy atom. The number of ether oxygens (including phenoxy) is 1. The molecule has 0 aliphatic carbocycles. The van der Waals surface area contributed by atoms with Gasteiger partial charge in [-0.25, -0.2) is 9.67 Å². The van der Waals surface area contributed by atoms with Gasteiger partial charge in [-0.3, -0.25) is 4.90 Å². The molecule has 2 N–H and O–H groups in total. The summed E-state index contributed by atoms with van der Waals surface area (Å²) >= 11 is 1.65. The fourth-order valence-corrected chi connectivity index (χ4v) is 5.51. The average molecular weight is 512 g/mol. The van der Waals surface area contributed by atoms with Gasteiger partial charge in [-0.2, -0.15) is 4.98 Å². The second kappa shape index (κ2) is 9.84. The molecular weight excluding hydrogens is 482 g/mol. The molecule has 1 saturated heterocycles. The Kier molecular flexibility index (Phi) is 6.23. The number of hydrogen-bond acceptors (Lipinski definition) is 8.